The quantitative estimate of drug-likeness (QED) is 0.679. The lowest BCUT2D eigenvalue weighted by molar-refractivity contribution is -0.0674. The lowest BCUT2D eigenvalue weighted by Crippen LogP contribution is -2.49. The van der Waals surface area contributed by atoms with Crippen LogP contribution in [0.2, 0.25) is 0 Å². The van der Waals surface area contributed by atoms with E-state index in [9.17, 15) is 8.78 Å². The van der Waals surface area contributed by atoms with Crippen LogP contribution in [-0.4, -0.2) is 30.1 Å². The van der Waals surface area contributed by atoms with Crippen molar-refractivity contribution in [3.05, 3.63) is 83.9 Å². The zero-order valence-corrected chi connectivity index (χ0v) is 15.5. The highest BCUT2D eigenvalue weighted by Crippen LogP contribution is 2.42. The zero-order chi connectivity index (χ0) is 19.0. The van der Waals surface area contributed by atoms with Crippen LogP contribution in [0.3, 0.4) is 0 Å². The summed E-state index contributed by atoms with van der Waals surface area (Å²) in [4.78, 5) is 2.46. The van der Waals surface area contributed by atoms with E-state index in [1.807, 2.05) is 6.08 Å². The highest BCUT2D eigenvalue weighted by atomic mass is 19.1. The number of hydrogen-bond acceptors (Lipinski definition) is 2. The summed E-state index contributed by atoms with van der Waals surface area (Å²) in [5.41, 5.74) is 1.74. The average molecular weight is 369 g/mol. The fourth-order valence-corrected chi connectivity index (χ4v) is 4.72. The third-order valence-corrected chi connectivity index (χ3v) is 6.20. The summed E-state index contributed by atoms with van der Waals surface area (Å²) < 4.78 is 33.5. The van der Waals surface area contributed by atoms with Crippen LogP contribution < -0.4 is 0 Å². The highest BCUT2D eigenvalue weighted by molar-refractivity contribution is 5.31. The highest BCUT2D eigenvalue weighted by Gasteiger charge is 2.45. The van der Waals surface area contributed by atoms with Gasteiger partial charge in [0.1, 0.15) is 17.7 Å². The van der Waals surface area contributed by atoms with E-state index >= 15 is 0 Å². The van der Waals surface area contributed by atoms with Crippen LogP contribution in [0.1, 0.15) is 36.5 Å². The van der Waals surface area contributed by atoms with Gasteiger partial charge in [0.2, 0.25) is 0 Å². The molecular formula is C23H25F2NO. The van der Waals surface area contributed by atoms with Gasteiger partial charge in [0.05, 0.1) is 6.10 Å². The first-order valence-corrected chi connectivity index (χ1v) is 9.57. The molecule has 0 aliphatic carbocycles. The molecule has 0 amide bonds. The Bertz CT molecular complexity index is 744. The molecule has 2 nitrogen and oxygen atoms in total. The fourth-order valence-electron chi connectivity index (χ4n) is 4.72. The molecule has 0 aromatic heterocycles. The molecule has 27 heavy (non-hydrogen) atoms. The third kappa shape index (κ3) is 3.56. The summed E-state index contributed by atoms with van der Waals surface area (Å²) >= 11 is 0. The SMILES string of the molecule is C=C[C@H]1[C@@H](OC(c2ccc(F)cc2)c2ccc(F)cc2)C[C@H]2CC[C@@H]1N2C. The van der Waals surface area contributed by atoms with Crippen molar-refractivity contribution in [3.8, 4) is 0 Å². The molecule has 4 atom stereocenters. The third-order valence-electron chi connectivity index (χ3n) is 6.20. The van der Waals surface area contributed by atoms with Gasteiger partial charge in [-0.1, -0.05) is 30.3 Å². The molecule has 2 heterocycles. The van der Waals surface area contributed by atoms with Crippen molar-refractivity contribution < 1.29 is 13.5 Å². The van der Waals surface area contributed by atoms with Crippen LogP contribution in [0.4, 0.5) is 8.78 Å². The van der Waals surface area contributed by atoms with Gasteiger partial charge in [-0.25, -0.2) is 8.78 Å². The molecule has 2 fully saturated rings. The van der Waals surface area contributed by atoms with Gasteiger partial charge in [-0.05, 0) is 61.7 Å². The predicted molar refractivity (Wildman–Crippen MR) is 102 cm³/mol. The van der Waals surface area contributed by atoms with Gasteiger partial charge in [0, 0.05) is 18.0 Å². The molecule has 0 saturated carbocycles. The first-order chi connectivity index (χ1) is 13.1. The normalized spacial score (nSPS) is 27.9. The number of halogens is 2. The standard InChI is InChI=1S/C23H25F2NO/c1-3-20-21-13-12-19(26(21)2)14-22(20)27-23(15-4-8-17(24)9-5-15)16-6-10-18(25)11-7-16/h3-11,19-23H,1,12-14H2,2H3/t19-,20-,21+,22+/m1/s1. The van der Waals surface area contributed by atoms with Gasteiger partial charge >= 0.3 is 0 Å². The van der Waals surface area contributed by atoms with Crippen molar-refractivity contribution in [1.82, 2.24) is 4.90 Å². The lowest BCUT2D eigenvalue weighted by Gasteiger charge is -2.42. The molecule has 0 N–H and O–H groups in total. The Hall–Kier alpha value is -2.04. The minimum absolute atomic E-state index is 0.0382. The number of benzene rings is 2. The van der Waals surface area contributed by atoms with Gasteiger partial charge in [0.15, 0.2) is 0 Å². The Labute approximate surface area is 159 Å². The minimum Gasteiger partial charge on any atom is -0.365 e. The number of ether oxygens (including phenoxy) is 1. The van der Waals surface area contributed by atoms with Crippen LogP contribution in [-0.2, 0) is 4.74 Å². The number of hydrogen-bond donors (Lipinski definition) is 0. The summed E-state index contributed by atoms with van der Waals surface area (Å²) in [6, 6.07) is 13.7. The molecule has 2 aromatic carbocycles. The number of fused-ring (bicyclic) bond motifs is 2. The molecule has 2 aliphatic heterocycles. The van der Waals surface area contributed by atoms with Crippen LogP contribution >= 0.6 is 0 Å². The first-order valence-electron chi connectivity index (χ1n) is 9.57. The molecule has 0 spiro atoms. The Morgan fingerprint density at radius 2 is 1.56 bits per heavy atom. The van der Waals surface area contributed by atoms with E-state index in [1.54, 1.807) is 24.3 Å². The number of nitrogens with zero attached hydrogens (tertiary/aromatic N) is 1. The average Bonchev–Trinajstić information content (AvgIpc) is 2.92. The molecule has 4 rings (SSSR count). The number of rotatable bonds is 5. The molecule has 2 aliphatic rings. The van der Waals surface area contributed by atoms with E-state index in [4.69, 9.17) is 4.74 Å². The summed E-state index contributed by atoms with van der Waals surface area (Å²) in [7, 11) is 2.19. The van der Waals surface area contributed by atoms with E-state index in [-0.39, 0.29) is 29.8 Å². The Morgan fingerprint density at radius 3 is 2.07 bits per heavy atom. The van der Waals surface area contributed by atoms with Crippen molar-refractivity contribution in [1.29, 1.82) is 0 Å². The maximum absolute atomic E-state index is 13.4. The molecule has 2 aromatic rings. The van der Waals surface area contributed by atoms with E-state index in [0.717, 1.165) is 24.0 Å². The second-order valence-corrected chi connectivity index (χ2v) is 7.67. The molecule has 142 valence electrons. The summed E-state index contributed by atoms with van der Waals surface area (Å²) in [5.74, 6) is -0.312. The zero-order valence-electron chi connectivity index (χ0n) is 15.5. The van der Waals surface area contributed by atoms with Gasteiger partial charge < -0.3 is 4.74 Å². The maximum atomic E-state index is 13.4. The van der Waals surface area contributed by atoms with E-state index < -0.39 is 0 Å². The monoisotopic (exact) mass is 369 g/mol. The van der Waals surface area contributed by atoms with Crippen molar-refractivity contribution in [2.45, 2.75) is 43.6 Å². The lowest BCUT2D eigenvalue weighted by atomic mass is 9.87. The molecule has 2 bridgehead atoms. The second kappa shape index (κ2) is 7.53. The smallest absolute Gasteiger partial charge is 0.123 e. The number of piperidine rings is 1. The van der Waals surface area contributed by atoms with Gasteiger partial charge in [-0.3, -0.25) is 4.90 Å². The largest absolute Gasteiger partial charge is 0.365 e. The first kappa shape index (κ1) is 18.3. The van der Waals surface area contributed by atoms with Gasteiger partial charge in [-0.2, -0.15) is 0 Å². The van der Waals surface area contributed by atoms with Crippen LogP contribution in [0.5, 0.6) is 0 Å². The van der Waals surface area contributed by atoms with E-state index in [2.05, 4.69) is 18.5 Å². The van der Waals surface area contributed by atoms with Gasteiger partial charge in [-0.15, -0.1) is 6.58 Å². The molecule has 0 unspecified atom stereocenters. The summed E-state index contributed by atoms with van der Waals surface area (Å²) in [6.45, 7) is 4.06. The van der Waals surface area contributed by atoms with Crippen LogP contribution in [0.25, 0.3) is 0 Å². The van der Waals surface area contributed by atoms with Crippen LogP contribution in [0, 0.1) is 17.6 Å². The van der Waals surface area contributed by atoms with Crippen molar-refractivity contribution >= 4 is 0 Å². The van der Waals surface area contributed by atoms with Crippen molar-refractivity contribution in [2.24, 2.45) is 5.92 Å². The Kier molecular flexibility index (Phi) is 5.11. The van der Waals surface area contributed by atoms with E-state index in [0.29, 0.717) is 12.1 Å². The molecule has 4 heteroatoms. The molecule has 2 saturated heterocycles. The predicted octanol–water partition coefficient (Wildman–Crippen LogP) is 5.11. The topological polar surface area (TPSA) is 12.5 Å². The molecule has 0 radical (unpaired) electrons. The van der Waals surface area contributed by atoms with Crippen molar-refractivity contribution in [2.75, 3.05) is 7.05 Å². The molecular weight excluding hydrogens is 344 g/mol. The van der Waals surface area contributed by atoms with Gasteiger partial charge in [0.25, 0.3) is 0 Å². The maximum Gasteiger partial charge on any atom is 0.123 e. The fraction of sp³-hybridized carbons (Fsp3) is 0.391. The van der Waals surface area contributed by atoms with Crippen LogP contribution in [0.15, 0.2) is 61.2 Å². The Morgan fingerprint density at radius 1 is 1.00 bits per heavy atom. The summed E-state index contributed by atoms with van der Waals surface area (Å²) in [6.07, 6.45) is 4.98. The summed E-state index contributed by atoms with van der Waals surface area (Å²) in [5, 5.41) is 0. The Balaban J connectivity index is 1.65. The second-order valence-electron chi connectivity index (χ2n) is 7.67. The van der Waals surface area contributed by atoms with Crippen molar-refractivity contribution in [3.63, 3.8) is 0 Å². The minimum atomic E-state index is -0.360. The van der Waals surface area contributed by atoms with E-state index in [1.165, 1.54) is 30.7 Å².